The minimum Gasteiger partial charge on any atom is -0.378 e. The summed E-state index contributed by atoms with van der Waals surface area (Å²) in [6.07, 6.45) is 6.39. The van der Waals surface area contributed by atoms with Crippen LogP contribution in [0.1, 0.15) is 18.7 Å². The molecule has 3 heterocycles. The second kappa shape index (κ2) is 6.53. The molecule has 2 aromatic rings. The normalized spacial score (nSPS) is 16.4. The summed E-state index contributed by atoms with van der Waals surface area (Å²) in [7, 11) is 0. The molecule has 7 heteroatoms. The van der Waals surface area contributed by atoms with Crippen molar-refractivity contribution in [2.75, 3.05) is 19.7 Å². The van der Waals surface area contributed by atoms with Crippen LogP contribution >= 0.6 is 0 Å². The summed E-state index contributed by atoms with van der Waals surface area (Å²) in [5.41, 5.74) is 0. The maximum absolute atomic E-state index is 5.80. The van der Waals surface area contributed by atoms with Crippen molar-refractivity contribution in [1.29, 1.82) is 0 Å². The van der Waals surface area contributed by atoms with Crippen molar-refractivity contribution >= 4 is 0 Å². The average Bonchev–Trinajstić information content (AvgIpc) is 2.98. The molecule has 0 radical (unpaired) electrons. The molecule has 0 bridgehead atoms. The SMILES string of the molecule is c1cnc(-c2noc(CCOC3CCNCC3)n2)nc1. The molecule has 0 amide bonds. The quantitative estimate of drug-likeness (QED) is 0.865. The molecule has 1 aliphatic heterocycles. The number of piperidine rings is 1. The number of rotatable bonds is 5. The zero-order valence-corrected chi connectivity index (χ0v) is 11.2. The third kappa shape index (κ3) is 3.37. The van der Waals surface area contributed by atoms with E-state index in [1.165, 1.54) is 0 Å². The maximum atomic E-state index is 5.80. The summed E-state index contributed by atoms with van der Waals surface area (Å²) in [4.78, 5) is 12.4. The molecule has 0 spiro atoms. The minimum atomic E-state index is 0.344. The largest absolute Gasteiger partial charge is 0.378 e. The molecule has 0 aliphatic carbocycles. The zero-order valence-electron chi connectivity index (χ0n) is 11.2. The first-order valence-electron chi connectivity index (χ1n) is 6.84. The van der Waals surface area contributed by atoms with Crippen LogP contribution in [-0.4, -0.2) is 45.9 Å². The van der Waals surface area contributed by atoms with Gasteiger partial charge < -0.3 is 14.6 Å². The fourth-order valence-corrected chi connectivity index (χ4v) is 2.14. The Hall–Kier alpha value is -1.86. The van der Waals surface area contributed by atoms with Gasteiger partial charge in [-0.05, 0) is 32.0 Å². The highest BCUT2D eigenvalue weighted by atomic mass is 16.5. The van der Waals surface area contributed by atoms with E-state index in [4.69, 9.17) is 9.26 Å². The molecule has 1 fully saturated rings. The standard InChI is InChI=1S/C13H17N5O2/c1-5-15-12(16-6-1)13-17-11(20-18-13)4-9-19-10-2-7-14-8-3-10/h1,5-6,10,14H,2-4,7-9H2. The smallest absolute Gasteiger partial charge is 0.240 e. The Morgan fingerprint density at radius 3 is 2.80 bits per heavy atom. The average molecular weight is 275 g/mol. The molecule has 2 aromatic heterocycles. The Balaban J connectivity index is 1.50. The highest BCUT2D eigenvalue weighted by Gasteiger charge is 2.14. The second-order valence-electron chi connectivity index (χ2n) is 4.65. The van der Waals surface area contributed by atoms with Gasteiger partial charge in [0.2, 0.25) is 17.5 Å². The van der Waals surface area contributed by atoms with Crippen molar-refractivity contribution in [3.63, 3.8) is 0 Å². The van der Waals surface area contributed by atoms with Gasteiger partial charge in [0.1, 0.15) is 0 Å². The predicted molar refractivity (Wildman–Crippen MR) is 70.9 cm³/mol. The van der Waals surface area contributed by atoms with Crippen molar-refractivity contribution < 1.29 is 9.26 Å². The molecule has 20 heavy (non-hydrogen) atoms. The molecule has 1 N–H and O–H groups in total. The van der Waals surface area contributed by atoms with Crippen LogP contribution in [0, 0.1) is 0 Å². The van der Waals surface area contributed by atoms with Crippen molar-refractivity contribution in [2.24, 2.45) is 0 Å². The molecule has 0 saturated carbocycles. The fraction of sp³-hybridized carbons (Fsp3) is 0.538. The van der Waals surface area contributed by atoms with Crippen molar-refractivity contribution in [3.8, 4) is 11.6 Å². The lowest BCUT2D eigenvalue weighted by atomic mass is 10.1. The van der Waals surface area contributed by atoms with Crippen LogP contribution in [0.4, 0.5) is 0 Å². The molecule has 106 valence electrons. The van der Waals surface area contributed by atoms with Crippen LogP contribution in [0.2, 0.25) is 0 Å². The number of ether oxygens (including phenoxy) is 1. The van der Waals surface area contributed by atoms with E-state index in [9.17, 15) is 0 Å². The van der Waals surface area contributed by atoms with E-state index in [0.717, 1.165) is 25.9 Å². The van der Waals surface area contributed by atoms with Gasteiger partial charge in [0.15, 0.2) is 0 Å². The molecule has 0 unspecified atom stereocenters. The monoisotopic (exact) mass is 275 g/mol. The lowest BCUT2D eigenvalue weighted by molar-refractivity contribution is 0.0322. The van der Waals surface area contributed by atoms with Gasteiger partial charge in [0, 0.05) is 12.4 Å². The summed E-state index contributed by atoms with van der Waals surface area (Å²) in [6.45, 7) is 2.66. The topological polar surface area (TPSA) is 86.0 Å². The van der Waals surface area contributed by atoms with Crippen LogP contribution in [0.3, 0.4) is 0 Å². The molecule has 1 aliphatic rings. The van der Waals surface area contributed by atoms with E-state index >= 15 is 0 Å². The Labute approximate surface area is 116 Å². The van der Waals surface area contributed by atoms with Gasteiger partial charge in [-0.25, -0.2) is 9.97 Å². The van der Waals surface area contributed by atoms with Crippen molar-refractivity contribution in [1.82, 2.24) is 25.4 Å². The second-order valence-corrected chi connectivity index (χ2v) is 4.65. The van der Waals surface area contributed by atoms with Gasteiger partial charge in [0.25, 0.3) is 0 Å². The van der Waals surface area contributed by atoms with E-state index in [1.807, 2.05) is 0 Å². The summed E-state index contributed by atoms with van der Waals surface area (Å²) in [5.74, 6) is 1.45. The molecule has 7 nitrogen and oxygen atoms in total. The van der Waals surface area contributed by atoms with Crippen LogP contribution < -0.4 is 5.32 Å². The molecular weight excluding hydrogens is 258 g/mol. The first-order valence-corrected chi connectivity index (χ1v) is 6.84. The third-order valence-electron chi connectivity index (χ3n) is 3.19. The Kier molecular flexibility index (Phi) is 4.29. The summed E-state index contributed by atoms with van der Waals surface area (Å²) >= 11 is 0. The molecular formula is C13H17N5O2. The van der Waals surface area contributed by atoms with E-state index in [0.29, 0.717) is 36.7 Å². The van der Waals surface area contributed by atoms with Gasteiger partial charge in [-0.2, -0.15) is 4.98 Å². The molecule has 1 saturated heterocycles. The first kappa shape index (κ1) is 13.1. The van der Waals surface area contributed by atoms with Crippen molar-refractivity contribution in [2.45, 2.75) is 25.4 Å². The highest BCUT2D eigenvalue weighted by molar-refractivity contribution is 5.40. The van der Waals surface area contributed by atoms with Crippen molar-refractivity contribution in [3.05, 3.63) is 24.4 Å². The Bertz CT molecular complexity index is 525. The Morgan fingerprint density at radius 1 is 1.20 bits per heavy atom. The van der Waals surface area contributed by atoms with E-state index in [1.54, 1.807) is 18.5 Å². The lowest BCUT2D eigenvalue weighted by Gasteiger charge is -2.22. The van der Waals surface area contributed by atoms with Gasteiger partial charge in [-0.1, -0.05) is 5.16 Å². The fourth-order valence-electron chi connectivity index (χ4n) is 2.14. The molecule has 3 rings (SSSR count). The molecule has 0 aromatic carbocycles. The lowest BCUT2D eigenvalue weighted by Crippen LogP contribution is -2.32. The third-order valence-corrected chi connectivity index (χ3v) is 3.19. The zero-order chi connectivity index (χ0) is 13.6. The van der Waals surface area contributed by atoms with Crippen LogP contribution in [0.25, 0.3) is 11.6 Å². The summed E-state index contributed by atoms with van der Waals surface area (Å²) in [5, 5.41) is 7.18. The van der Waals surface area contributed by atoms with Gasteiger partial charge in [-0.15, -0.1) is 0 Å². The number of aromatic nitrogens is 4. The van der Waals surface area contributed by atoms with E-state index in [2.05, 4.69) is 25.4 Å². The van der Waals surface area contributed by atoms with Gasteiger partial charge >= 0.3 is 0 Å². The number of hydrogen-bond donors (Lipinski definition) is 1. The van der Waals surface area contributed by atoms with E-state index < -0.39 is 0 Å². The van der Waals surface area contributed by atoms with Crippen LogP contribution in [0.15, 0.2) is 23.0 Å². The predicted octanol–water partition coefficient (Wildman–Crippen LogP) is 0.838. The number of hydrogen-bond acceptors (Lipinski definition) is 7. The number of nitrogens with one attached hydrogen (secondary N) is 1. The maximum Gasteiger partial charge on any atom is 0.240 e. The van der Waals surface area contributed by atoms with Crippen LogP contribution in [-0.2, 0) is 11.2 Å². The van der Waals surface area contributed by atoms with E-state index in [-0.39, 0.29) is 0 Å². The summed E-state index contributed by atoms with van der Waals surface area (Å²) in [6, 6.07) is 1.75. The summed E-state index contributed by atoms with van der Waals surface area (Å²) < 4.78 is 11.0. The van der Waals surface area contributed by atoms with Gasteiger partial charge in [-0.3, -0.25) is 0 Å². The van der Waals surface area contributed by atoms with Crippen LogP contribution in [0.5, 0.6) is 0 Å². The molecule has 0 atom stereocenters. The Morgan fingerprint density at radius 2 is 2.00 bits per heavy atom. The first-order chi connectivity index (χ1) is 9.92. The number of nitrogens with zero attached hydrogens (tertiary/aromatic N) is 4. The highest BCUT2D eigenvalue weighted by Crippen LogP contribution is 2.11. The van der Waals surface area contributed by atoms with Gasteiger partial charge in [0.05, 0.1) is 19.1 Å². The minimum absolute atomic E-state index is 0.344.